The Hall–Kier alpha value is -4.51. The van der Waals surface area contributed by atoms with Crippen molar-refractivity contribution in [1.82, 2.24) is 5.43 Å². The summed E-state index contributed by atoms with van der Waals surface area (Å²) in [6.45, 7) is 0. The van der Waals surface area contributed by atoms with Crippen LogP contribution in [-0.4, -0.2) is 17.1 Å². The summed E-state index contributed by atoms with van der Waals surface area (Å²) >= 11 is 0. The van der Waals surface area contributed by atoms with Crippen molar-refractivity contribution >= 4 is 22.8 Å². The highest BCUT2D eigenvalue weighted by atomic mass is 15.4. The molecule has 0 fully saturated rings. The number of allylic oxidation sites excluding steroid dienone is 13. The van der Waals surface area contributed by atoms with Crippen molar-refractivity contribution in [3.8, 4) is 0 Å². The summed E-state index contributed by atoms with van der Waals surface area (Å²) in [5, 5.41) is 0. The van der Waals surface area contributed by atoms with E-state index in [2.05, 4.69) is 40.1 Å². The maximum atomic E-state index is 4.75. The second-order valence-corrected chi connectivity index (χ2v) is 7.70. The lowest BCUT2D eigenvalue weighted by atomic mass is 10.1. The fourth-order valence-corrected chi connectivity index (χ4v) is 3.84. The van der Waals surface area contributed by atoms with Gasteiger partial charge in [-0.05, 0) is 72.9 Å². The first-order valence-corrected chi connectivity index (χ1v) is 10.5. The number of fused-ring (bicyclic) bond motifs is 4. The Bertz CT molecular complexity index is 1380. The smallest absolute Gasteiger partial charge is 0.0686 e. The molecule has 0 saturated carbocycles. The Morgan fingerprint density at radius 3 is 1.75 bits per heavy atom. The first-order valence-electron chi connectivity index (χ1n) is 10.5. The number of para-hydroxylation sites is 1. The summed E-state index contributed by atoms with van der Waals surface area (Å²) < 4.78 is 0. The zero-order valence-corrected chi connectivity index (χ0v) is 17.2. The number of hydrazine groups is 1. The number of nitrogens with one attached hydrogen (secondary N) is 2. The molecule has 5 nitrogen and oxygen atoms in total. The highest BCUT2D eigenvalue weighted by Gasteiger charge is 2.17. The molecule has 32 heavy (non-hydrogen) atoms. The van der Waals surface area contributed by atoms with Crippen LogP contribution in [0.2, 0.25) is 0 Å². The van der Waals surface area contributed by atoms with Gasteiger partial charge in [-0.1, -0.05) is 30.4 Å². The summed E-state index contributed by atoms with van der Waals surface area (Å²) in [7, 11) is 0. The molecule has 5 heteroatoms. The number of rotatable bonds is 3. The van der Waals surface area contributed by atoms with Crippen LogP contribution in [-0.2, 0) is 0 Å². The van der Waals surface area contributed by atoms with Gasteiger partial charge in [-0.25, -0.2) is 15.0 Å². The number of benzene rings is 1. The molecule has 0 aromatic heterocycles. The van der Waals surface area contributed by atoms with Crippen molar-refractivity contribution in [2.75, 3.05) is 5.43 Å². The molecule has 5 aliphatic rings. The third-order valence-electron chi connectivity index (χ3n) is 5.37. The molecular formula is C27H19N5. The largest absolute Gasteiger partial charge is 0.301 e. The van der Waals surface area contributed by atoms with E-state index in [1.807, 2.05) is 78.9 Å². The third kappa shape index (κ3) is 3.68. The van der Waals surface area contributed by atoms with Gasteiger partial charge in [0.2, 0.25) is 0 Å². The van der Waals surface area contributed by atoms with Crippen LogP contribution < -0.4 is 10.9 Å². The van der Waals surface area contributed by atoms with Crippen molar-refractivity contribution in [1.29, 1.82) is 0 Å². The van der Waals surface area contributed by atoms with Crippen LogP contribution in [0, 0.1) is 0 Å². The average Bonchev–Trinajstić information content (AvgIpc) is 3.59. The van der Waals surface area contributed by atoms with Gasteiger partial charge < -0.3 is 5.43 Å². The lowest BCUT2D eigenvalue weighted by Gasteiger charge is -2.14. The summed E-state index contributed by atoms with van der Waals surface area (Å²) in [6.07, 6.45) is 24.4. The van der Waals surface area contributed by atoms with E-state index in [9.17, 15) is 0 Å². The molecule has 0 saturated heterocycles. The minimum absolute atomic E-state index is 0.886. The van der Waals surface area contributed by atoms with Crippen LogP contribution in [0.4, 0.5) is 5.69 Å². The second kappa shape index (κ2) is 7.63. The van der Waals surface area contributed by atoms with Crippen LogP contribution in [0.15, 0.2) is 152 Å². The highest BCUT2D eigenvalue weighted by molar-refractivity contribution is 6.12. The molecular weight excluding hydrogens is 394 g/mol. The molecule has 152 valence electrons. The van der Waals surface area contributed by atoms with Gasteiger partial charge in [0.15, 0.2) is 0 Å². The van der Waals surface area contributed by atoms with Gasteiger partial charge in [0.1, 0.15) is 0 Å². The molecule has 0 spiro atoms. The summed E-state index contributed by atoms with van der Waals surface area (Å²) in [5.74, 6) is 0. The second-order valence-electron chi connectivity index (χ2n) is 7.70. The van der Waals surface area contributed by atoms with Gasteiger partial charge in [-0.2, -0.15) is 0 Å². The molecule has 1 aromatic rings. The van der Waals surface area contributed by atoms with E-state index in [4.69, 9.17) is 9.98 Å². The number of anilines is 1. The van der Waals surface area contributed by atoms with E-state index in [1.165, 1.54) is 0 Å². The molecule has 6 rings (SSSR count). The number of aliphatic imine (C=N–C) groups is 3. The van der Waals surface area contributed by atoms with Gasteiger partial charge in [0.05, 0.1) is 45.6 Å². The SMILES string of the molecule is C1=CC2=NC1=CC1=NC(=CC3=C(NNc4ccccc4)C(=CC4=NC(=C2)C=C4)C=C3)C=C1. The molecule has 4 aliphatic heterocycles. The van der Waals surface area contributed by atoms with E-state index in [1.54, 1.807) is 0 Å². The molecule has 4 heterocycles. The lowest BCUT2D eigenvalue weighted by Crippen LogP contribution is -2.22. The van der Waals surface area contributed by atoms with Crippen molar-refractivity contribution in [2.45, 2.75) is 0 Å². The first kappa shape index (κ1) is 18.3. The van der Waals surface area contributed by atoms with Crippen molar-refractivity contribution in [2.24, 2.45) is 15.0 Å². The monoisotopic (exact) mass is 413 g/mol. The van der Waals surface area contributed by atoms with Crippen LogP contribution >= 0.6 is 0 Å². The molecule has 0 unspecified atom stereocenters. The molecule has 0 amide bonds. The highest BCUT2D eigenvalue weighted by Crippen LogP contribution is 2.27. The molecule has 0 radical (unpaired) electrons. The predicted octanol–water partition coefficient (Wildman–Crippen LogP) is 5.05. The van der Waals surface area contributed by atoms with Gasteiger partial charge in [0.25, 0.3) is 0 Å². The molecule has 1 aliphatic carbocycles. The number of nitrogens with zero attached hydrogens (tertiary/aromatic N) is 3. The Labute approximate surface area is 186 Å². The Morgan fingerprint density at radius 2 is 1.09 bits per heavy atom. The van der Waals surface area contributed by atoms with Crippen molar-refractivity contribution in [3.05, 3.63) is 137 Å². The molecule has 2 N–H and O–H groups in total. The normalized spacial score (nSPS) is 19.9. The third-order valence-corrected chi connectivity index (χ3v) is 5.37. The standard InChI is InChI=1S/C27H19N5/c1-2-4-20(5-3-1)31-32-27-18-6-7-19(27)15-22-9-11-24(29-22)17-26-13-12-25(30-26)16-23-10-8-21(14-18)28-23/h1-17,31-32H. The van der Waals surface area contributed by atoms with Crippen LogP contribution in [0.25, 0.3) is 0 Å². The molecule has 0 atom stereocenters. The van der Waals surface area contributed by atoms with Crippen LogP contribution in [0.3, 0.4) is 0 Å². The Balaban J connectivity index is 1.43. The van der Waals surface area contributed by atoms with Crippen molar-refractivity contribution < 1.29 is 0 Å². The van der Waals surface area contributed by atoms with Crippen LogP contribution in [0.1, 0.15) is 0 Å². The minimum Gasteiger partial charge on any atom is -0.301 e. The predicted molar refractivity (Wildman–Crippen MR) is 131 cm³/mol. The number of hydrogen-bond acceptors (Lipinski definition) is 5. The van der Waals surface area contributed by atoms with Gasteiger partial charge >= 0.3 is 0 Å². The summed E-state index contributed by atoms with van der Waals surface area (Å²) in [6, 6.07) is 10.0. The average molecular weight is 413 g/mol. The fraction of sp³-hybridized carbons (Fsp3) is 0. The van der Waals surface area contributed by atoms with Gasteiger partial charge in [0, 0.05) is 11.1 Å². The zero-order chi connectivity index (χ0) is 21.3. The maximum absolute atomic E-state index is 4.75. The van der Waals surface area contributed by atoms with Gasteiger partial charge in [-0.15, -0.1) is 0 Å². The van der Waals surface area contributed by atoms with Gasteiger partial charge in [-0.3, -0.25) is 5.43 Å². The molecule has 8 bridgehead atoms. The maximum Gasteiger partial charge on any atom is 0.0686 e. The lowest BCUT2D eigenvalue weighted by molar-refractivity contribution is 0.980. The van der Waals surface area contributed by atoms with E-state index in [0.29, 0.717) is 0 Å². The van der Waals surface area contributed by atoms with E-state index < -0.39 is 0 Å². The number of hydrogen-bond donors (Lipinski definition) is 2. The van der Waals surface area contributed by atoms with E-state index in [0.717, 1.165) is 56.8 Å². The first-order chi connectivity index (χ1) is 15.8. The molecule has 1 aromatic carbocycles. The zero-order valence-electron chi connectivity index (χ0n) is 17.2. The quantitative estimate of drug-likeness (QED) is 0.681. The summed E-state index contributed by atoms with van der Waals surface area (Å²) in [5.41, 5.74) is 16.1. The Morgan fingerprint density at radius 1 is 0.500 bits per heavy atom. The minimum atomic E-state index is 0.886. The Kier molecular flexibility index (Phi) is 4.36. The fourth-order valence-electron chi connectivity index (χ4n) is 3.84. The summed E-state index contributed by atoms with van der Waals surface area (Å²) in [4.78, 5) is 14.1. The van der Waals surface area contributed by atoms with Crippen LogP contribution in [0.5, 0.6) is 0 Å². The topological polar surface area (TPSA) is 61.1 Å². The van der Waals surface area contributed by atoms with E-state index in [-0.39, 0.29) is 0 Å². The van der Waals surface area contributed by atoms with E-state index >= 15 is 0 Å². The van der Waals surface area contributed by atoms with Crippen molar-refractivity contribution in [3.63, 3.8) is 0 Å².